The van der Waals surface area contributed by atoms with Gasteiger partial charge in [0.25, 0.3) is 0 Å². The van der Waals surface area contributed by atoms with Crippen molar-refractivity contribution in [3.05, 3.63) is 41.6 Å². The normalized spacial score (nSPS) is 21.3. The molecule has 2 heterocycles. The van der Waals surface area contributed by atoms with Crippen LogP contribution in [0.25, 0.3) is 16.5 Å². The molecule has 1 amide bonds. The number of carbonyl (C=O) groups is 2. The van der Waals surface area contributed by atoms with Crippen LogP contribution in [-0.2, 0) is 16.0 Å². The van der Waals surface area contributed by atoms with Gasteiger partial charge in [0.05, 0.1) is 7.29 Å². The van der Waals surface area contributed by atoms with E-state index < -0.39 is 12.1 Å². The van der Waals surface area contributed by atoms with Crippen LogP contribution in [0.2, 0.25) is 1.41 Å². The van der Waals surface area contributed by atoms with Gasteiger partial charge in [0.15, 0.2) is 1.41 Å². The van der Waals surface area contributed by atoms with E-state index in [0.29, 0.717) is 6.54 Å². The number of H-pyrrole nitrogens is 1. The van der Waals surface area contributed by atoms with Gasteiger partial charge in [-0.2, -0.15) is 13.2 Å². The molecular weight excluding hydrogens is 411 g/mol. The maximum absolute atomic E-state index is 12.9. The first-order valence-corrected chi connectivity index (χ1v) is 10.1. The van der Waals surface area contributed by atoms with Crippen molar-refractivity contribution >= 4 is 28.4 Å². The zero-order valence-corrected chi connectivity index (χ0v) is 17.5. The number of alkyl halides is 3. The number of hydrogen-bond donors (Lipinski definition) is 2. The molecule has 6 nitrogen and oxygen atoms in total. The third-order valence-corrected chi connectivity index (χ3v) is 5.76. The Morgan fingerprint density at radius 1 is 1.35 bits per heavy atom. The Balaban J connectivity index is 0.000000383. The molecule has 1 aliphatic carbocycles. The smallest absolute Gasteiger partial charge is 0.475 e. The number of hydrogen-bond acceptors (Lipinski definition) is 3. The summed E-state index contributed by atoms with van der Waals surface area (Å²) in [6.07, 6.45) is -1.93. The number of likely N-dealkylation sites (N-methyl/N-ethyl adjacent to an activating group) is 1. The van der Waals surface area contributed by atoms with Crippen molar-refractivity contribution in [2.24, 2.45) is 5.92 Å². The number of rotatable bonds is 3. The lowest BCUT2D eigenvalue weighted by atomic mass is 9.79. The van der Waals surface area contributed by atoms with Crippen LogP contribution in [0.1, 0.15) is 26.3 Å². The SMILES string of the molecule is O=C(O)C(F)(F)F.[2H]c1c2c3c(cccc3n1[2H])C1=C[C@@H](C(=O)N(CC)CC)CN(C)[C@@H]1C2. The largest absolute Gasteiger partial charge is 0.490 e. The maximum atomic E-state index is 12.9. The van der Waals surface area contributed by atoms with E-state index >= 15 is 0 Å². The fourth-order valence-electron chi connectivity index (χ4n) is 4.23. The second-order valence-corrected chi connectivity index (χ2v) is 7.60. The van der Waals surface area contributed by atoms with Crippen molar-refractivity contribution in [1.82, 2.24) is 14.8 Å². The van der Waals surface area contributed by atoms with Gasteiger partial charge in [-0.3, -0.25) is 9.69 Å². The van der Waals surface area contributed by atoms with Crippen molar-refractivity contribution < 1.29 is 30.6 Å². The van der Waals surface area contributed by atoms with E-state index in [2.05, 4.69) is 24.1 Å². The van der Waals surface area contributed by atoms with Gasteiger partial charge in [-0.05, 0) is 50.1 Å². The highest BCUT2D eigenvalue weighted by molar-refractivity contribution is 5.99. The van der Waals surface area contributed by atoms with Crippen LogP contribution in [0.15, 0.2) is 30.4 Å². The van der Waals surface area contributed by atoms with Crippen LogP contribution >= 0.6 is 0 Å². The zero-order valence-electron chi connectivity index (χ0n) is 19.5. The molecule has 0 saturated carbocycles. The van der Waals surface area contributed by atoms with Gasteiger partial charge in [0.1, 0.15) is 0 Å². The average Bonchev–Trinajstić information content (AvgIpc) is 3.01. The molecule has 2 aliphatic rings. The van der Waals surface area contributed by atoms with Crippen LogP contribution < -0.4 is 0 Å². The average molecular weight is 439 g/mol. The number of carboxylic acid groups (broad SMARTS) is 1. The highest BCUT2D eigenvalue weighted by Gasteiger charge is 2.38. The molecule has 9 heteroatoms. The minimum absolute atomic E-state index is 0.142. The molecule has 2 aromatic rings. The number of nitrogens with one attached hydrogen (secondary N) is 1. The molecule has 168 valence electrons. The second kappa shape index (κ2) is 8.74. The van der Waals surface area contributed by atoms with Gasteiger partial charge < -0.3 is 15.0 Å². The fourth-order valence-corrected chi connectivity index (χ4v) is 4.23. The molecule has 4 rings (SSSR count). The summed E-state index contributed by atoms with van der Waals surface area (Å²) in [5.74, 6) is -2.71. The summed E-state index contributed by atoms with van der Waals surface area (Å²) < 4.78 is 48.3. The monoisotopic (exact) mass is 439 g/mol. The molecule has 2 N–H and O–H groups in total. The minimum Gasteiger partial charge on any atom is -0.475 e. The Morgan fingerprint density at radius 2 is 2.00 bits per heavy atom. The van der Waals surface area contributed by atoms with Crippen LogP contribution in [0.3, 0.4) is 0 Å². The Kier molecular flexibility index (Phi) is 5.67. The molecule has 31 heavy (non-hydrogen) atoms. The van der Waals surface area contributed by atoms with Gasteiger partial charge >= 0.3 is 12.1 Å². The number of aromatic amines is 1. The van der Waals surface area contributed by atoms with Crippen LogP contribution in [0, 0.1) is 5.92 Å². The highest BCUT2D eigenvalue weighted by Crippen LogP contribution is 2.40. The van der Waals surface area contributed by atoms with E-state index in [-0.39, 0.29) is 24.0 Å². The first-order chi connectivity index (χ1) is 15.4. The second-order valence-electron chi connectivity index (χ2n) is 7.60. The Labute approximate surface area is 181 Å². The summed E-state index contributed by atoms with van der Waals surface area (Å²) in [4.78, 5) is 27.2. The molecule has 1 aliphatic heterocycles. The first kappa shape index (κ1) is 20.1. The van der Waals surface area contributed by atoms with Crippen molar-refractivity contribution in [3.63, 3.8) is 0 Å². The number of carbonyl (C=O) groups excluding carboxylic acids is 1. The maximum Gasteiger partial charge on any atom is 0.490 e. The standard InChI is InChI=1S/C20H25N3O.C2HF3O2/c1-4-23(5-2)20(24)14-9-16-15-7-6-8-17-19(15)13(11-21-17)10-18(16)22(3)12-14;3-2(4,5)1(6)7/h6-9,11,14,18,21H,4-5,10,12H2,1-3H3;(H,6,7)/t14-,18-;/m1./s1/i11D;/hD. The van der Waals surface area contributed by atoms with Crippen LogP contribution in [0.4, 0.5) is 13.2 Å². The number of amides is 1. The number of aliphatic carboxylic acids is 1. The summed E-state index contributed by atoms with van der Waals surface area (Å²) in [7, 11) is 2.06. The zero-order chi connectivity index (χ0) is 24.7. The van der Waals surface area contributed by atoms with Crippen molar-refractivity contribution in [1.29, 1.82) is 0 Å². The van der Waals surface area contributed by atoms with E-state index in [4.69, 9.17) is 12.7 Å². The molecule has 0 spiro atoms. The summed E-state index contributed by atoms with van der Waals surface area (Å²) in [6, 6.07) is 6.09. The topological polar surface area (TPSA) is 76.6 Å². The Bertz CT molecular complexity index is 1110. The molecule has 2 atom stereocenters. The highest BCUT2D eigenvalue weighted by atomic mass is 19.4. The molecular formula is C22H26F3N3O3. The molecule has 0 radical (unpaired) electrons. The third-order valence-electron chi connectivity index (χ3n) is 5.76. The molecule has 0 fully saturated rings. The minimum atomic E-state index is -5.08. The fraction of sp³-hybridized carbons (Fsp3) is 0.455. The number of nitrogens with zero attached hydrogens (tertiary/aromatic N) is 2. The summed E-state index contributed by atoms with van der Waals surface area (Å²) in [5.41, 5.74) is 3.99. The number of carboxylic acids is 1. The first-order valence-electron chi connectivity index (χ1n) is 11.0. The summed E-state index contributed by atoms with van der Waals surface area (Å²) >= 11 is 0. The number of halogens is 3. The van der Waals surface area contributed by atoms with E-state index in [1.54, 1.807) is 0 Å². The lowest BCUT2D eigenvalue weighted by Crippen LogP contribution is -2.47. The van der Waals surface area contributed by atoms with Crippen molar-refractivity contribution in [3.8, 4) is 0 Å². The number of benzene rings is 1. The van der Waals surface area contributed by atoms with E-state index in [1.165, 1.54) is 10.6 Å². The quantitative estimate of drug-likeness (QED) is 0.767. The molecule has 1 aromatic heterocycles. The predicted molar refractivity (Wildman–Crippen MR) is 112 cm³/mol. The molecule has 1 aromatic carbocycles. The molecule has 0 bridgehead atoms. The van der Waals surface area contributed by atoms with Crippen LogP contribution in [-0.4, -0.2) is 70.7 Å². The number of aromatic nitrogens is 1. The Morgan fingerprint density at radius 3 is 2.58 bits per heavy atom. The Hall–Kier alpha value is -2.81. The van der Waals surface area contributed by atoms with Crippen molar-refractivity contribution in [2.75, 3.05) is 26.7 Å². The van der Waals surface area contributed by atoms with Gasteiger partial charge in [0.2, 0.25) is 5.91 Å². The van der Waals surface area contributed by atoms with Crippen LogP contribution in [0.5, 0.6) is 0 Å². The van der Waals surface area contributed by atoms with Gasteiger partial charge in [-0.1, -0.05) is 18.2 Å². The van der Waals surface area contributed by atoms with E-state index in [0.717, 1.165) is 41.5 Å². The molecule has 0 saturated heterocycles. The lowest BCUT2D eigenvalue weighted by Gasteiger charge is -2.40. The third kappa shape index (κ3) is 4.46. The van der Waals surface area contributed by atoms with E-state index in [9.17, 15) is 18.0 Å². The number of fused-ring (bicyclic) bond motifs is 2. The summed E-state index contributed by atoms with van der Waals surface area (Å²) in [6.45, 7) is 6.19. The van der Waals surface area contributed by atoms with Gasteiger partial charge in [-0.15, -0.1) is 0 Å². The van der Waals surface area contributed by atoms with E-state index in [1.807, 2.05) is 30.9 Å². The lowest BCUT2D eigenvalue weighted by molar-refractivity contribution is -0.192. The predicted octanol–water partition coefficient (Wildman–Crippen LogP) is 3.54. The summed E-state index contributed by atoms with van der Waals surface area (Å²) in [5, 5.41) is 8.14. The van der Waals surface area contributed by atoms with Gasteiger partial charge in [0, 0.05) is 42.8 Å². The van der Waals surface area contributed by atoms with Gasteiger partial charge in [-0.25, -0.2) is 4.79 Å². The molecule has 0 unspecified atom stereocenters. The van der Waals surface area contributed by atoms with Crippen molar-refractivity contribution in [2.45, 2.75) is 32.5 Å².